The largest absolute Gasteiger partial charge is 0.303 e. The van der Waals surface area contributed by atoms with Gasteiger partial charge in [-0.3, -0.25) is 0 Å². The molecule has 1 aliphatic heterocycles. The van der Waals surface area contributed by atoms with Gasteiger partial charge in [0.25, 0.3) is 0 Å². The molecule has 2 rings (SSSR count). The van der Waals surface area contributed by atoms with Crippen LogP contribution in [0.1, 0.15) is 38.8 Å². The zero-order chi connectivity index (χ0) is 12.4. The highest BCUT2D eigenvalue weighted by atomic mass is 79.9. The van der Waals surface area contributed by atoms with Gasteiger partial charge in [0.1, 0.15) is 5.82 Å². The zero-order valence-electron chi connectivity index (χ0n) is 10.7. The molecule has 1 saturated heterocycles. The molecule has 2 heterocycles. The topological polar surface area (TPSA) is 28.2 Å². The van der Waals surface area contributed by atoms with Gasteiger partial charge in [-0.2, -0.15) is 0 Å². The van der Waals surface area contributed by atoms with E-state index in [1.165, 1.54) is 19.3 Å². The van der Waals surface area contributed by atoms with Crippen LogP contribution in [0.2, 0.25) is 0 Å². The van der Waals surface area contributed by atoms with Gasteiger partial charge in [-0.15, -0.1) is 0 Å². The molecule has 0 amide bonds. The number of hydrazine groups is 1. The lowest BCUT2D eigenvalue weighted by Crippen LogP contribution is -2.47. The summed E-state index contributed by atoms with van der Waals surface area (Å²) in [5, 5.41) is 2.33. The van der Waals surface area contributed by atoms with E-state index in [2.05, 4.69) is 45.2 Å². The van der Waals surface area contributed by atoms with Crippen molar-refractivity contribution in [1.29, 1.82) is 0 Å². The fourth-order valence-corrected chi connectivity index (χ4v) is 2.60. The van der Waals surface area contributed by atoms with Crippen molar-refractivity contribution in [2.75, 3.05) is 5.43 Å². The molecule has 0 spiro atoms. The van der Waals surface area contributed by atoms with E-state index in [9.17, 15) is 0 Å². The molecule has 0 bridgehead atoms. The molecule has 17 heavy (non-hydrogen) atoms. The van der Waals surface area contributed by atoms with Crippen LogP contribution in [0.3, 0.4) is 0 Å². The highest BCUT2D eigenvalue weighted by molar-refractivity contribution is 9.10. The summed E-state index contributed by atoms with van der Waals surface area (Å²) in [6.45, 7) is 6.56. The monoisotopic (exact) mass is 297 g/mol. The smallest absolute Gasteiger partial charge is 0.140 e. The average Bonchev–Trinajstić information content (AvgIpc) is 2.28. The minimum absolute atomic E-state index is 0.574. The van der Waals surface area contributed by atoms with E-state index in [4.69, 9.17) is 0 Å². The number of anilines is 1. The Kier molecular flexibility index (Phi) is 4.05. The van der Waals surface area contributed by atoms with Crippen molar-refractivity contribution in [2.24, 2.45) is 0 Å². The van der Waals surface area contributed by atoms with Crippen LogP contribution in [0.15, 0.2) is 16.6 Å². The summed E-state index contributed by atoms with van der Waals surface area (Å²) in [6.07, 6.45) is 3.84. The Morgan fingerprint density at radius 2 is 1.94 bits per heavy atom. The minimum Gasteiger partial charge on any atom is -0.303 e. The molecule has 0 aliphatic carbocycles. The Morgan fingerprint density at radius 3 is 2.53 bits per heavy atom. The summed E-state index contributed by atoms with van der Waals surface area (Å²) in [5.74, 6) is 0.936. The highest BCUT2D eigenvalue weighted by Crippen LogP contribution is 2.24. The molecule has 3 nitrogen and oxygen atoms in total. The predicted molar refractivity (Wildman–Crippen MR) is 74.9 cm³/mol. The Hall–Kier alpha value is -0.610. The van der Waals surface area contributed by atoms with Crippen molar-refractivity contribution in [3.63, 3.8) is 0 Å². The van der Waals surface area contributed by atoms with Crippen molar-refractivity contribution >= 4 is 21.7 Å². The summed E-state index contributed by atoms with van der Waals surface area (Å²) in [6, 6.07) is 5.21. The fraction of sp³-hybridized carbons (Fsp3) is 0.615. The zero-order valence-corrected chi connectivity index (χ0v) is 12.3. The van der Waals surface area contributed by atoms with E-state index in [1.54, 1.807) is 0 Å². The Morgan fingerprint density at radius 1 is 1.29 bits per heavy atom. The van der Waals surface area contributed by atoms with Crippen molar-refractivity contribution in [3.8, 4) is 0 Å². The van der Waals surface area contributed by atoms with Crippen LogP contribution < -0.4 is 5.43 Å². The number of nitrogens with zero attached hydrogens (tertiary/aromatic N) is 2. The third kappa shape index (κ3) is 2.99. The summed E-state index contributed by atoms with van der Waals surface area (Å²) in [4.78, 5) is 4.54. The van der Waals surface area contributed by atoms with Crippen LogP contribution in [0.25, 0.3) is 0 Å². The number of pyridine rings is 1. The van der Waals surface area contributed by atoms with Gasteiger partial charge in [-0.1, -0.05) is 6.42 Å². The lowest BCUT2D eigenvalue weighted by atomic mass is 10.00. The van der Waals surface area contributed by atoms with Crippen molar-refractivity contribution in [2.45, 2.75) is 52.1 Å². The maximum atomic E-state index is 4.54. The molecule has 0 saturated carbocycles. The summed E-state index contributed by atoms with van der Waals surface area (Å²) >= 11 is 3.47. The molecule has 94 valence electrons. The van der Waals surface area contributed by atoms with Gasteiger partial charge >= 0.3 is 0 Å². The number of aryl methyl sites for hydroxylation is 1. The Labute approximate surface area is 112 Å². The lowest BCUT2D eigenvalue weighted by molar-refractivity contribution is 0.135. The molecule has 0 radical (unpaired) electrons. The molecular weight excluding hydrogens is 278 g/mol. The number of hydrogen-bond acceptors (Lipinski definition) is 3. The van der Waals surface area contributed by atoms with E-state index < -0.39 is 0 Å². The van der Waals surface area contributed by atoms with Gasteiger partial charge in [-0.25, -0.2) is 9.99 Å². The summed E-state index contributed by atoms with van der Waals surface area (Å²) < 4.78 is 1.06. The van der Waals surface area contributed by atoms with Gasteiger partial charge in [0.05, 0.1) is 5.69 Å². The van der Waals surface area contributed by atoms with E-state index in [1.807, 2.05) is 19.1 Å². The molecule has 1 aromatic heterocycles. The van der Waals surface area contributed by atoms with Crippen LogP contribution in [-0.4, -0.2) is 22.1 Å². The standard InChI is InChI=1S/C13H20BrN3/c1-9-5-4-6-10(2)17(9)16-13-8-7-12(14)11(3)15-13/h7-10H,4-6H2,1-3H3,(H,15,16). The second-order valence-corrected chi connectivity index (χ2v) is 5.77. The molecule has 0 aromatic carbocycles. The second kappa shape index (κ2) is 5.36. The van der Waals surface area contributed by atoms with Crippen molar-refractivity contribution in [1.82, 2.24) is 9.99 Å². The molecule has 1 aliphatic rings. The first kappa shape index (κ1) is 12.8. The maximum Gasteiger partial charge on any atom is 0.140 e. The molecule has 4 heteroatoms. The average molecular weight is 298 g/mol. The SMILES string of the molecule is Cc1nc(NN2C(C)CCCC2C)ccc1Br. The first-order valence-corrected chi connectivity index (χ1v) is 7.05. The van der Waals surface area contributed by atoms with Crippen molar-refractivity contribution < 1.29 is 0 Å². The summed E-state index contributed by atoms with van der Waals surface area (Å²) in [5.41, 5.74) is 4.47. The number of hydrogen-bond donors (Lipinski definition) is 1. The Balaban J connectivity index is 2.10. The predicted octanol–water partition coefficient (Wildman–Crippen LogP) is 3.74. The van der Waals surface area contributed by atoms with Gasteiger partial charge < -0.3 is 5.43 Å². The van der Waals surface area contributed by atoms with Gasteiger partial charge in [0.2, 0.25) is 0 Å². The van der Waals surface area contributed by atoms with E-state index in [-0.39, 0.29) is 0 Å². The normalized spacial score (nSPS) is 25.9. The third-order valence-corrected chi connectivity index (χ3v) is 4.30. The van der Waals surface area contributed by atoms with Crippen LogP contribution in [0, 0.1) is 6.92 Å². The molecule has 1 aromatic rings. The molecule has 1 N–H and O–H groups in total. The third-order valence-electron chi connectivity index (χ3n) is 3.46. The van der Waals surface area contributed by atoms with Crippen LogP contribution in [0.4, 0.5) is 5.82 Å². The molecular formula is C13H20BrN3. The quantitative estimate of drug-likeness (QED) is 0.901. The van der Waals surface area contributed by atoms with E-state index in [0.29, 0.717) is 12.1 Å². The van der Waals surface area contributed by atoms with Gasteiger partial charge in [-0.05, 0) is 61.7 Å². The molecule has 2 atom stereocenters. The summed E-state index contributed by atoms with van der Waals surface area (Å²) in [7, 11) is 0. The molecule has 2 unspecified atom stereocenters. The minimum atomic E-state index is 0.574. The van der Waals surface area contributed by atoms with E-state index in [0.717, 1.165) is 16.0 Å². The van der Waals surface area contributed by atoms with Crippen LogP contribution in [0.5, 0.6) is 0 Å². The second-order valence-electron chi connectivity index (χ2n) is 4.91. The van der Waals surface area contributed by atoms with Gasteiger partial charge in [0, 0.05) is 16.6 Å². The number of rotatable bonds is 2. The number of halogens is 1. The first-order chi connectivity index (χ1) is 8.08. The van der Waals surface area contributed by atoms with Crippen LogP contribution in [-0.2, 0) is 0 Å². The molecule has 1 fully saturated rings. The van der Waals surface area contributed by atoms with E-state index >= 15 is 0 Å². The Bertz CT molecular complexity index is 384. The number of aromatic nitrogens is 1. The van der Waals surface area contributed by atoms with Crippen molar-refractivity contribution in [3.05, 3.63) is 22.3 Å². The van der Waals surface area contributed by atoms with Crippen LogP contribution >= 0.6 is 15.9 Å². The highest BCUT2D eigenvalue weighted by Gasteiger charge is 2.24. The maximum absolute atomic E-state index is 4.54. The fourth-order valence-electron chi connectivity index (χ4n) is 2.38. The first-order valence-electron chi connectivity index (χ1n) is 6.26. The van der Waals surface area contributed by atoms with Gasteiger partial charge in [0.15, 0.2) is 0 Å². The number of nitrogens with one attached hydrogen (secondary N) is 1. The number of piperidine rings is 1. The lowest BCUT2D eigenvalue weighted by Gasteiger charge is -2.39.